The van der Waals surface area contributed by atoms with Gasteiger partial charge in [0.25, 0.3) is 0 Å². The van der Waals surface area contributed by atoms with Gasteiger partial charge in [-0.3, -0.25) is 4.98 Å². The maximum atomic E-state index is 10.2. The average molecular weight is 278 g/mol. The van der Waals surface area contributed by atoms with Crippen molar-refractivity contribution in [2.75, 3.05) is 0 Å². The zero-order chi connectivity index (χ0) is 11.5. The van der Waals surface area contributed by atoms with Crippen molar-refractivity contribution in [1.29, 1.82) is 0 Å². The summed E-state index contributed by atoms with van der Waals surface area (Å²) in [4.78, 5) is 3.93. The van der Waals surface area contributed by atoms with E-state index in [2.05, 4.69) is 20.9 Å². The highest BCUT2D eigenvalue weighted by Crippen LogP contribution is 2.25. The van der Waals surface area contributed by atoms with Crippen LogP contribution in [0.15, 0.2) is 47.2 Å². The Hall–Kier alpha value is -1.19. The van der Waals surface area contributed by atoms with Gasteiger partial charge in [-0.15, -0.1) is 0 Å². The van der Waals surface area contributed by atoms with E-state index in [4.69, 9.17) is 0 Å². The van der Waals surface area contributed by atoms with Gasteiger partial charge in [-0.2, -0.15) is 0 Å². The number of hydrogen-bond donors (Lipinski definition) is 1. The molecule has 0 amide bonds. The molecule has 2 nitrogen and oxygen atoms in total. The van der Waals surface area contributed by atoms with Gasteiger partial charge in [0.15, 0.2) is 0 Å². The standard InChI is InChI=1S/C13H12BrNO/c1-9-8-11(2-3-12(9)14)13(16)10-4-6-15-7-5-10/h2-8,13,16H,1H3/t13-/m1/s1. The molecule has 2 aromatic rings. The van der Waals surface area contributed by atoms with Gasteiger partial charge in [0, 0.05) is 16.9 Å². The Kier molecular flexibility index (Phi) is 3.36. The third-order valence-electron chi connectivity index (χ3n) is 2.52. The summed E-state index contributed by atoms with van der Waals surface area (Å²) >= 11 is 3.44. The second-order valence-corrected chi connectivity index (χ2v) is 4.55. The number of halogens is 1. The maximum absolute atomic E-state index is 10.2. The van der Waals surface area contributed by atoms with Crippen LogP contribution < -0.4 is 0 Å². The molecular weight excluding hydrogens is 266 g/mol. The Balaban J connectivity index is 2.34. The summed E-state index contributed by atoms with van der Waals surface area (Å²) < 4.78 is 1.05. The van der Waals surface area contributed by atoms with Gasteiger partial charge in [0.05, 0.1) is 0 Å². The van der Waals surface area contributed by atoms with Crippen LogP contribution in [0.5, 0.6) is 0 Å². The average Bonchev–Trinajstić information content (AvgIpc) is 2.33. The Bertz CT molecular complexity index is 485. The summed E-state index contributed by atoms with van der Waals surface area (Å²) in [6.45, 7) is 2.01. The third kappa shape index (κ3) is 2.31. The lowest BCUT2D eigenvalue weighted by atomic mass is 10.0. The Morgan fingerprint density at radius 1 is 1.12 bits per heavy atom. The van der Waals surface area contributed by atoms with Crippen molar-refractivity contribution in [3.05, 3.63) is 63.9 Å². The number of rotatable bonds is 2. The summed E-state index contributed by atoms with van der Waals surface area (Å²) in [6.07, 6.45) is 2.78. The molecule has 0 fully saturated rings. The first-order valence-corrected chi connectivity index (χ1v) is 5.82. The van der Waals surface area contributed by atoms with Crippen molar-refractivity contribution in [1.82, 2.24) is 4.98 Å². The number of benzene rings is 1. The zero-order valence-electron chi connectivity index (χ0n) is 8.89. The van der Waals surface area contributed by atoms with Crippen molar-refractivity contribution in [2.24, 2.45) is 0 Å². The highest BCUT2D eigenvalue weighted by Gasteiger charge is 2.10. The van der Waals surface area contributed by atoms with E-state index < -0.39 is 6.10 Å². The summed E-state index contributed by atoms with van der Waals surface area (Å²) in [5, 5.41) is 10.2. The number of aliphatic hydroxyl groups is 1. The molecule has 0 radical (unpaired) electrons. The fraction of sp³-hybridized carbons (Fsp3) is 0.154. The summed E-state index contributed by atoms with van der Waals surface area (Å²) in [7, 11) is 0. The molecule has 0 aliphatic rings. The van der Waals surface area contributed by atoms with Gasteiger partial charge in [-0.25, -0.2) is 0 Å². The molecule has 0 aliphatic heterocycles. The third-order valence-corrected chi connectivity index (χ3v) is 3.41. The van der Waals surface area contributed by atoms with E-state index in [1.54, 1.807) is 12.4 Å². The van der Waals surface area contributed by atoms with Crippen molar-refractivity contribution < 1.29 is 5.11 Å². The van der Waals surface area contributed by atoms with Crippen molar-refractivity contribution in [3.63, 3.8) is 0 Å². The maximum Gasteiger partial charge on any atom is 0.104 e. The molecule has 1 aromatic carbocycles. The van der Waals surface area contributed by atoms with Crippen LogP contribution in [0.25, 0.3) is 0 Å². The highest BCUT2D eigenvalue weighted by molar-refractivity contribution is 9.10. The topological polar surface area (TPSA) is 33.1 Å². The van der Waals surface area contributed by atoms with Crippen LogP contribution in [0.2, 0.25) is 0 Å². The molecule has 1 N–H and O–H groups in total. The molecule has 0 saturated heterocycles. The van der Waals surface area contributed by atoms with Gasteiger partial charge < -0.3 is 5.11 Å². The minimum atomic E-state index is -0.588. The lowest BCUT2D eigenvalue weighted by Crippen LogP contribution is -2.00. The molecule has 1 atom stereocenters. The van der Waals surface area contributed by atoms with Crippen LogP contribution in [0, 0.1) is 6.92 Å². The second kappa shape index (κ2) is 4.76. The zero-order valence-corrected chi connectivity index (χ0v) is 10.5. The van der Waals surface area contributed by atoms with Crippen LogP contribution in [0.3, 0.4) is 0 Å². The quantitative estimate of drug-likeness (QED) is 0.914. The first-order valence-electron chi connectivity index (χ1n) is 5.02. The first-order chi connectivity index (χ1) is 7.68. The van der Waals surface area contributed by atoms with Crippen LogP contribution in [-0.4, -0.2) is 10.1 Å². The van der Waals surface area contributed by atoms with E-state index in [9.17, 15) is 5.11 Å². The molecule has 0 aliphatic carbocycles. The molecule has 0 bridgehead atoms. The van der Waals surface area contributed by atoms with E-state index in [1.807, 2.05) is 37.3 Å². The van der Waals surface area contributed by atoms with E-state index in [0.29, 0.717) is 0 Å². The van der Waals surface area contributed by atoms with Gasteiger partial charge in [-0.05, 0) is 41.8 Å². The minimum Gasteiger partial charge on any atom is -0.384 e. The molecule has 3 heteroatoms. The number of nitrogens with zero attached hydrogens (tertiary/aromatic N) is 1. The SMILES string of the molecule is Cc1cc([C@H](O)c2ccncc2)ccc1Br. The van der Waals surface area contributed by atoms with Crippen molar-refractivity contribution >= 4 is 15.9 Å². The number of aryl methyl sites for hydroxylation is 1. The molecular formula is C13H12BrNO. The van der Waals surface area contributed by atoms with Gasteiger partial charge in [-0.1, -0.05) is 28.1 Å². The monoisotopic (exact) mass is 277 g/mol. The summed E-state index contributed by atoms with van der Waals surface area (Å²) in [6, 6.07) is 9.50. The Labute approximate surface area is 103 Å². The highest BCUT2D eigenvalue weighted by atomic mass is 79.9. The molecule has 1 heterocycles. The molecule has 16 heavy (non-hydrogen) atoms. The van der Waals surface area contributed by atoms with Gasteiger partial charge in [0.1, 0.15) is 6.10 Å². The molecule has 82 valence electrons. The molecule has 0 saturated carbocycles. The van der Waals surface area contributed by atoms with Crippen LogP contribution in [-0.2, 0) is 0 Å². The second-order valence-electron chi connectivity index (χ2n) is 3.69. The van der Waals surface area contributed by atoms with Crippen LogP contribution in [0.1, 0.15) is 22.8 Å². The Morgan fingerprint density at radius 3 is 2.44 bits per heavy atom. The smallest absolute Gasteiger partial charge is 0.104 e. The van der Waals surface area contributed by atoms with Crippen molar-refractivity contribution in [3.8, 4) is 0 Å². The van der Waals surface area contributed by atoms with Gasteiger partial charge >= 0.3 is 0 Å². The normalized spacial score (nSPS) is 12.4. The van der Waals surface area contributed by atoms with E-state index in [-0.39, 0.29) is 0 Å². The van der Waals surface area contributed by atoms with Crippen LogP contribution in [0.4, 0.5) is 0 Å². The lowest BCUT2D eigenvalue weighted by molar-refractivity contribution is 0.220. The fourth-order valence-electron chi connectivity index (χ4n) is 1.58. The number of aromatic nitrogens is 1. The van der Waals surface area contributed by atoms with Crippen molar-refractivity contribution in [2.45, 2.75) is 13.0 Å². The molecule has 0 spiro atoms. The Morgan fingerprint density at radius 2 is 1.81 bits per heavy atom. The molecule has 2 rings (SSSR count). The molecule has 0 unspecified atom stereocenters. The number of pyridine rings is 1. The predicted molar refractivity (Wildman–Crippen MR) is 67.2 cm³/mol. The fourth-order valence-corrected chi connectivity index (χ4v) is 1.82. The number of aliphatic hydroxyl groups excluding tert-OH is 1. The molecule has 1 aromatic heterocycles. The van der Waals surface area contributed by atoms with E-state index in [1.165, 1.54) is 0 Å². The van der Waals surface area contributed by atoms with E-state index in [0.717, 1.165) is 21.2 Å². The first kappa shape index (κ1) is 11.3. The van der Waals surface area contributed by atoms with Crippen LogP contribution >= 0.6 is 15.9 Å². The minimum absolute atomic E-state index is 0.588. The predicted octanol–water partition coefficient (Wildman–Crippen LogP) is 3.23. The largest absolute Gasteiger partial charge is 0.384 e. The number of hydrogen-bond acceptors (Lipinski definition) is 2. The van der Waals surface area contributed by atoms with Gasteiger partial charge in [0.2, 0.25) is 0 Å². The lowest BCUT2D eigenvalue weighted by Gasteiger charge is -2.12. The van der Waals surface area contributed by atoms with E-state index >= 15 is 0 Å². The summed E-state index contributed by atoms with van der Waals surface area (Å²) in [5.74, 6) is 0. The summed E-state index contributed by atoms with van der Waals surface area (Å²) in [5.41, 5.74) is 2.87.